The van der Waals surface area contributed by atoms with Gasteiger partial charge in [0.1, 0.15) is 0 Å². The molecule has 0 saturated heterocycles. The molecular formula is C12H26Ar. The largest absolute Gasteiger partial charge is 0.0683 e. The quantitative estimate of drug-likeness (QED) is 0.546. The van der Waals surface area contributed by atoms with Crippen LogP contribution < -0.4 is 0 Å². The van der Waals surface area contributed by atoms with Gasteiger partial charge in [0.25, 0.3) is 0 Å². The Morgan fingerprint density at radius 3 is 1.46 bits per heavy atom. The second kappa shape index (κ2) is 8.56. The summed E-state index contributed by atoms with van der Waals surface area (Å²) in [6, 6.07) is 0. The first-order valence-electron chi connectivity index (χ1n) is 5.61. The third kappa shape index (κ3) is 7.22. The average molecular weight is 210 g/mol. The Labute approximate surface area is 115 Å². The Morgan fingerprint density at radius 1 is 0.846 bits per heavy atom. The van der Waals surface area contributed by atoms with Gasteiger partial charge in [-0.1, -0.05) is 53.9 Å². The molecule has 0 aromatic carbocycles. The SMILES string of the molecule is CC.CC(C)(C)C1CCCCC1.[Ar]. The van der Waals surface area contributed by atoms with Gasteiger partial charge in [0.2, 0.25) is 0 Å². The van der Waals surface area contributed by atoms with Crippen LogP contribution in [0.3, 0.4) is 0 Å². The fraction of sp³-hybridized carbons (Fsp3) is 1.00. The summed E-state index contributed by atoms with van der Waals surface area (Å²) in [7, 11) is 0. The minimum atomic E-state index is 0. The van der Waals surface area contributed by atoms with Gasteiger partial charge in [-0.15, -0.1) is 0 Å². The van der Waals surface area contributed by atoms with E-state index in [1.807, 2.05) is 13.8 Å². The molecular weight excluding hydrogens is 184 g/mol. The van der Waals surface area contributed by atoms with Crippen molar-refractivity contribution >= 4 is 0 Å². The third-order valence-corrected chi connectivity index (χ3v) is 2.83. The number of hydrogen-bond acceptors (Lipinski definition) is 0. The summed E-state index contributed by atoms with van der Waals surface area (Å²) < 4.78 is 0. The van der Waals surface area contributed by atoms with Crippen LogP contribution in [0.25, 0.3) is 0 Å². The molecule has 1 aliphatic carbocycles. The molecule has 0 aromatic heterocycles. The van der Waals surface area contributed by atoms with Gasteiger partial charge in [-0.2, -0.15) is 0 Å². The van der Waals surface area contributed by atoms with Gasteiger partial charge < -0.3 is 0 Å². The molecule has 0 spiro atoms. The molecule has 13 heavy (non-hydrogen) atoms. The van der Waals surface area contributed by atoms with E-state index in [9.17, 15) is 0 Å². The molecule has 1 heteroatoms. The maximum absolute atomic E-state index is 2.38. The van der Waals surface area contributed by atoms with Crippen molar-refractivity contribution in [2.24, 2.45) is 11.3 Å². The summed E-state index contributed by atoms with van der Waals surface area (Å²) in [6.45, 7) is 11.1. The summed E-state index contributed by atoms with van der Waals surface area (Å²) in [5.74, 6) is 1.00. The standard InChI is InChI=1S/C10H20.C2H6.Ar/c1-10(2,3)9-7-5-4-6-8-9;1-2;/h9H,4-8H2,1-3H3;1-2H3;. The molecule has 0 atom stereocenters. The van der Waals surface area contributed by atoms with Crippen LogP contribution in [0, 0.1) is 49.1 Å². The summed E-state index contributed by atoms with van der Waals surface area (Å²) >= 11 is 0. The average Bonchev–Trinajstić information content (AvgIpc) is 2.08. The molecule has 82 valence electrons. The van der Waals surface area contributed by atoms with Gasteiger partial charge in [0.05, 0.1) is 0 Å². The van der Waals surface area contributed by atoms with Crippen molar-refractivity contribution in [3.8, 4) is 0 Å². The van der Waals surface area contributed by atoms with Crippen LogP contribution in [0.5, 0.6) is 0 Å². The Hall–Kier alpha value is 1.26. The molecule has 1 fully saturated rings. The number of rotatable bonds is 0. The molecule has 0 heterocycles. The predicted molar refractivity (Wildman–Crippen MR) is 57.4 cm³/mol. The second-order valence-electron chi connectivity index (χ2n) is 4.70. The van der Waals surface area contributed by atoms with E-state index >= 15 is 0 Å². The van der Waals surface area contributed by atoms with E-state index in [1.54, 1.807) is 0 Å². The van der Waals surface area contributed by atoms with Crippen LogP contribution >= 0.6 is 0 Å². The molecule has 0 radical (unpaired) electrons. The Kier molecular flexibility index (Phi) is 11.0. The van der Waals surface area contributed by atoms with Gasteiger partial charge in [-0.05, 0) is 24.2 Å². The van der Waals surface area contributed by atoms with Gasteiger partial charge in [0, 0.05) is 37.7 Å². The summed E-state index contributed by atoms with van der Waals surface area (Å²) in [6.07, 6.45) is 7.38. The van der Waals surface area contributed by atoms with E-state index in [2.05, 4.69) is 20.8 Å². The summed E-state index contributed by atoms with van der Waals surface area (Å²) in [5.41, 5.74) is 0.570. The first kappa shape index (κ1) is 16.7. The monoisotopic (exact) mass is 210 g/mol. The van der Waals surface area contributed by atoms with Crippen molar-refractivity contribution in [3.63, 3.8) is 0 Å². The molecule has 0 aliphatic heterocycles. The second-order valence-corrected chi connectivity index (χ2v) is 4.70. The minimum Gasteiger partial charge on any atom is -0.0683 e. The van der Waals surface area contributed by atoms with Crippen LogP contribution in [-0.4, -0.2) is 0 Å². The molecule has 1 rings (SSSR count). The van der Waals surface area contributed by atoms with E-state index in [1.165, 1.54) is 32.1 Å². The van der Waals surface area contributed by atoms with Crippen LogP contribution in [0.4, 0.5) is 0 Å². The maximum Gasteiger partial charge on any atom is 0 e. The topological polar surface area (TPSA) is 0 Å². The first-order valence-corrected chi connectivity index (χ1v) is 5.61. The first-order chi connectivity index (χ1) is 5.61. The van der Waals surface area contributed by atoms with Crippen molar-refractivity contribution in [1.29, 1.82) is 0 Å². The third-order valence-electron chi connectivity index (χ3n) is 2.83. The van der Waals surface area contributed by atoms with E-state index in [4.69, 9.17) is 0 Å². The van der Waals surface area contributed by atoms with Crippen LogP contribution in [-0.2, 0) is 0 Å². The molecule has 1 aliphatic rings. The molecule has 0 N–H and O–H groups in total. The van der Waals surface area contributed by atoms with E-state index in [0.717, 1.165) is 5.92 Å². The molecule has 0 amide bonds. The zero-order valence-electron chi connectivity index (χ0n) is 9.97. The minimum absolute atomic E-state index is 0. The van der Waals surface area contributed by atoms with E-state index in [0.29, 0.717) is 5.41 Å². The molecule has 0 nitrogen and oxygen atoms in total. The Balaban J connectivity index is 0. The normalized spacial score (nSPS) is 18.2. The van der Waals surface area contributed by atoms with E-state index in [-0.39, 0.29) is 37.7 Å². The summed E-state index contributed by atoms with van der Waals surface area (Å²) in [5, 5.41) is 0. The molecule has 0 bridgehead atoms. The van der Waals surface area contributed by atoms with Crippen molar-refractivity contribution in [3.05, 3.63) is 0 Å². The van der Waals surface area contributed by atoms with Gasteiger partial charge in [-0.25, -0.2) is 0 Å². The smallest absolute Gasteiger partial charge is 0 e. The van der Waals surface area contributed by atoms with Crippen molar-refractivity contribution in [1.82, 2.24) is 0 Å². The van der Waals surface area contributed by atoms with Gasteiger partial charge >= 0.3 is 0 Å². The Morgan fingerprint density at radius 2 is 1.23 bits per heavy atom. The fourth-order valence-electron chi connectivity index (χ4n) is 1.97. The van der Waals surface area contributed by atoms with Crippen molar-refractivity contribution in [2.45, 2.75) is 66.7 Å². The Bertz CT molecular complexity index is 96.2. The van der Waals surface area contributed by atoms with Crippen LogP contribution in [0.1, 0.15) is 66.7 Å². The zero-order valence-corrected chi connectivity index (χ0v) is 10.7. The van der Waals surface area contributed by atoms with Gasteiger partial charge in [-0.3, -0.25) is 0 Å². The predicted octanol–water partition coefficient (Wildman–Crippen LogP) is 4.64. The van der Waals surface area contributed by atoms with Crippen molar-refractivity contribution in [2.75, 3.05) is 0 Å². The van der Waals surface area contributed by atoms with Crippen LogP contribution in [0.15, 0.2) is 0 Å². The molecule has 0 unspecified atom stereocenters. The van der Waals surface area contributed by atoms with Crippen LogP contribution in [0.2, 0.25) is 0 Å². The number of hydrogen-bond donors (Lipinski definition) is 0. The zero-order chi connectivity index (χ0) is 9.61. The van der Waals surface area contributed by atoms with Gasteiger partial charge in [0.15, 0.2) is 0 Å². The molecule has 1 saturated carbocycles. The van der Waals surface area contributed by atoms with E-state index < -0.39 is 0 Å². The summed E-state index contributed by atoms with van der Waals surface area (Å²) in [4.78, 5) is 0. The molecule has 0 aromatic rings. The van der Waals surface area contributed by atoms with Crippen molar-refractivity contribution < 1.29 is 37.7 Å². The maximum atomic E-state index is 2.38. The fourth-order valence-corrected chi connectivity index (χ4v) is 1.97.